The molecule has 1 fully saturated rings. The van der Waals surface area contributed by atoms with Crippen LogP contribution in [0.4, 0.5) is 4.39 Å². The second-order valence-electron chi connectivity index (χ2n) is 8.44. The van der Waals surface area contributed by atoms with Gasteiger partial charge in [-0.15, -0.1) is 11.3 Å². The molecule has 0 aliphatic carbocycles. The number of carbonyl (C=O) groups is 1. The molecule has 0 saturated carbocycles. The van der Waals surface area contributed by atoms with E-state index in [9.17, 15) is 9.18 Å². The molecule has 1 aliphatic heterocycles. The summed E-state index contributed by atoms with van der Waals surface area (Å²) in [6.07, 6.45) is 0. The summed E-state index contributed by atoms with van der Waals surface area (Å²) < 4.78 is 13.4. The quantitative estimate of drug-likeness (QED) is 0.657. The third-order valence-electron chi connectivity index (χ3n) is 5.48. The lowest BCUT2D eigenvalue weighted by atomic mass is 9.88. The fourth-order valence-electron chi connectivity index (χ4n) is 4.21. The minimum Gasteiger partial charge on any atom is -0.342 e. The van der Waals surface area contributed by atoms with E-state index in [4.69, 9.17) is 0 Å². The van der Waals surface area contributed by atoms with E-state index >= 15 is 0 Å². The molecule has 3 nitrogen and oxygen atoms in total. The number of halogens is 1. The summed E-state index contributed by atoms with van der Waals surface area (Å²) >= 11 is 1.85. The van der Waals surface area contributed by atoms with E-state index in [1.807, 2.05) is 28.4 Å². The fraction of sp³-hybridized carbons (Fsp3) is 0.522. The van der Waals surface area contributed by atoms with Crippen molar-refractivity contribution < 1.29 is 9.18 Å². The number of thiophene rings is 1. The highest BCUT2D eigenvalue weighted by atomic mass is 32.1. The fourth-order valence-corrected chi connectivity index (χ4v) is 5.14. The Labute approximate surface area is 172 Å². The number of hydrogen-bond donors (Lipinski definition) is 0. The van der Waals surface area contributed by atoms with Crippen molar-refractivity contribution in [2.75, 3.05) is 26.2 Å². The Kier molecular flexibility index (Phi) is 6.89. The first kappa shape index (κ1) is 21.0. The summed E-state index contributed by atoms with van der Waals surface area (Å²) in [5, 5.41) is 0. The Bertz CT molecular complexity index is 786. The van der Waals surface area contributed by atoms with Crippen molar-refractivity contribution >= 4 is 17.2 Å². The van der Waals surface area contributed by atoms with Crippen LogP contribution >= 0.6 is 11.3 Å². The maximum atomic E-state index is 13.4. The van der Waals surface area contributed by atoms with Crippen molar-refractivity contribution in [1.82, 2.24) is 9.80 Å². The zero-order chi connectivity index (χ0) is 20.3. The molecule has 0 spiro atoms. The number of hydrogen-bond acceptors (Lipinski definition) is 3. The molecule has 2 heterocycles. The number of likely N-dealkylation sites (tertiary alicyclic amines) is 1. The Morgan fingerprint density at radius 2 is 1.93 bits per heavy atom. The summed E-state index contributed by atoms with van der Waals surface area (Å²) in [6, 6.07) is 11.3. The number of nitrogens with zero attached hydrogens (tertiary/aromatic N) is 2. The summed E-state index contributed by atoms with van der Waals surface area (Å²) in [5.74, 6) is 1.05. The molecule has 1 aliphatic rings. The largest absolute Gasteiger partial charge is 0.342 e. The van der Waals surface area contributed by atoms with Crippen LogP contribution in [0.1, 0.15) is 42.0 Å². The van der Waals surface area contributed by atoms with Crippen LogP contribution in [0.25, 0.3) is 0 Å². The van der Waals surface area contributed by atoms with Gasteiger partial charge in [-0.05, 0) is 48.6 Å². The van der Waals surface area contributed by atoms with Gasteiger partial charge in [0, 0.05) is 55.3 Å². The van der Waals surface area contributed by atoms with Gasteiger partial charge < -0.3 is 4.90 Å². The second kappa shape index (κ2) is 9.19. The molecule has 3 rings (SSSR count). The van der Waals surface area contributed by atoms with Gasteiger partial charge in [0.15, 0.2) is 0 Å². The van der Waals surface area contributed by atoms with Gasteiger partial charge in [0.1, 0.15) is 5.82 Å². The summed E-state index contributed by atoms with van der Waals surface area (Å²) in [5.41, 5.74) is 1.17. The van der Waals surface area contributed by atoms with Crippen molar-refractivity contribution in [2.24, 2.45) is 11.8 Å². The van der Waals surface area contributed by atoms with Crippen molar-refractivity contribution in [1.29, 1.82) is 0 Å². The lowest BCUT2D eigenvalue weighted by molar-refractivity contribution is -0.130. The van der Waals surface area contributed by atoms with Crippen molar-refractivity contribution in [3.63, 3.8) is 0 Å². The molecule has 2 unspecified atom stereocenters. The lowest BCUT2D eigenvalue weighted by Gasteiger charge is -2.29. The highest BCUT2D eigenvalue weighted by Gasteiger charge is 2.35. The third-order valence-corrected chi connectivity index (χ3v) is 6.46. The van der Waals surface area contributed by atoms with Gasteiger partial charge in [0.25, 0.3) is 0 Å². The Morgan fingerprint density at radius 3 is 2.50 bits per heavy atom. The molecular weight excluding hydrogens is 371 g/mol. The number of aryl methyl sites for hydroxylation is 1. The minimum absolute atomic E-state index is 0.138. The molecule has 0 radical (unpaired) electrons. The van der Waals surface area contributed by atoms with Crippen LogP contribution in [0.2, 0.25) is 0 Å². The molecule has 5 heteroatoms. The van der Waals surface area contributed by atoms with E-state index in [2.05, 4.69) is 37.8 Å². The molecule has 1 aromatic carbocycles. The second-order valence-corrected chi connectivity index (χ2v) is 9.81. The van der Waals surface area contributed by atoms with Crippen LogP contribution in [0.15, 0.2) is 36.4 Å². The first-order valence-corrected chi connectivity index (χ1v) is 10.9. The molecule has 1 saturated heterocycles. The molecule has 2 atom stereocenters. The molecule has 152 valence electrons. The Hall–Kier alpha value is -1.72. The SMILES string of the molecule is CC(=O)N(CC(C)C)CC1CN(Cc2ccc(C)s2)CC1c1ccc(F)cc1. The van der Waals surface area contributed by atoms with Gasteiger partial charge in [0.2, 0.25) is 5.91 Å². The van der Waals surface area contributed by atoms with E-state index < -0.39 is 0 Å². The van der Waals surface area contributed by atoms with Crippen molar-refractivity contribution in [2.45, 2.75) is 40.2 Å². The Balaban J connectivity index is 1.78. The van der Waals surface area contributed by atoms with Gasteiger partial charge in [-0.3, -0.25) is 9.69 Å². The normalized spacial score (nSPS) is 20.1. The van der Waals surface area contributed by atoms with E-state index in [0.717, 1.165) is 32.7 Å². The van der Waals surface area contributed by atoms with E-state index in [1.165, 1.54) is 15.3 Å². The summed E-state index contributed by atoms with van der Waals surface area (Å²) in [7, 11) is 0. The standard InChI is InChI=1S/C23H31FN2OS/c1-16(2)11-26(18(4)27)13-20-12-25(14-22-10-5-17(3)28-22)15-23(20)19-6-8-21(24)9-7-19/h5-10,16,20,23H,11-15H2,1-4H3. The number of carbonyl (C=O) groups excluding carboxylic acids is 1. The summed E-state index contributed by atoms with van der Waals surface area (Å²) in [6.45, 7) is 12.5. The van der Waals surface area contributed by atoms with Gasteiger partial charge >= 0.3 is 0 Å². The van der Waals surface area contributed by atoms with Crippen LogP contribution in [0.5, 0.6) is 0 Å². The van der Waals surface area contributed by atoms with Crippen molar-refractivity contribution in [3.05, 3.63) is 57.5 Å². The third kappa shape index (κ3) is 5.42. The van der Waals surface area contributed by atoms with E-state index in [-0.39, 0.29) is 11.7 Å². The average molecular weight is 403 g/mol. The maximum absolute atomic E-state index is 13.4. The van der Waals surface area contributed by atoms with Crippen LogP contribution in [0.3, 0.4) is 0 Å². The van der Waals surface area contributed by atoms with Gasteiger partial charge in [-0.2, -0.15) is 0 Å². The molecule has 0 N–H and O–H groups in total. The molecule has 1 amide bonds. The molecular formula is C23H31FN2OS. The van der Waals surface area contributed by atoms with Gasteiger partial charge in [-0.25, -0.2) is 4.39 Å². The highest BCUT2D eigenvalue weighted by Crippen LogP contribution is 2.35. The zero-order valence-corrected chi connectivity index (χ0v) is 18.1. The zero-order valence-electron chi connectivity index (χ0n) is 17.3. The summed E-state index contributed by atoms with van der Waals surface area (Å²) in [4.78, 5) is 19.4. The number of benzene rings is 1. The number of amides is 1. The number of rotatable bonds is 7. The van der Waals surface area contributed by atoms with Crippen LogP contribution in [0, 0.1) is 24.6 Å². The first-order chi connectivity index (χ1) is 13.3. The minimum atomic E-state index is -0.200. The Morgan fingerprint density at radius 1 is 1.21 bits per heavy atom. The van der Waals surface area contributed by atoms with Crippen molar-refractivity contribution in [3.8, 4) is 0 Å². The van der Waals surface area contributed by atoms with Crippen LogP contribution in [-0.2, 0) is 11.3 Å². The molecule has 2 aromatic rings. The van der Waals surface area contributed by atoms with Crippen LogP contribution in [-0.4, -0.2) is 41.9 Å². The first-order valence-electron chi connectivity index (χ1n) is 10.1. The lowest BCUT2D eigenvalue weighted by Crippen LogP contribution is -2.38. The monoisotopic (exact) mass is 402 g/mol. The van der Waals surface area contributed by atoms with E-state index in [1.54, 1.807) is 19.1 Å². The van der Waals surface area contributed by atoms with E-state index in [0.29, 0.717) is 17.8 Å². The highest BCUT2D eigenvalue weighted by molar-refractivity contribution is 7.11. The molecule has 28 heavy (non-hydrogen) atoms. The van der Waals surface area contributed by atoms with Gasteiger partial charge in [-0.1, -0.05) is 26.0 Å². The van der Waals surface area contributed by atoms with Gasteiger partial charge in [0.05, 0.1) is 0 Å². The predicted octanol–water partition coefficient (Wildman–Crippen LogP) is 4.92. The molecule has 0 bridgehead atoms. The predicted molar refractivity (Wildman–Crippen MR) is 114 cm³/mol. The average Bonchev–Trinajstić information content (AvgIpc) is 3.21. The topological polar surface area (TPSA) is 23.6 Å². The maximum Gasteiger partial charge on any atom is 0.219 e. The van der Waals surface area contributed by atoms with Crippen LogP contribution < -0.4 is 0 Å². The smallest absolute Gasteiger partial charge is 0.219 e. The molecule has 1 aromatic heterocycles.